The predicted molar refractivity (Wildman–Crippen MR) is 127 cm³/mol. The Morgan fingerprint density at radius 2 is 1.86 bits per heavy atom. The van der Waals surface area contributed by atoms with E-state index in [4.69, 9.17) is 4.52 Å². The highest BCUT2D eigenvalue weighted by Crippen LogP contribution is 2.22. The van der Waals surface area contributed by atoms with Crippen LogP contribution in [0, 0.1) is 0 Å². The first-order valence-corrected chi connectivity index (χ1v) is 9.86. The molecule has 8 heteroatoms. The normalized spacial score (nSPS) is 11.1. The predicted octanol–water partition coefficient (Wildman–Crippen LogP) is 3.22. The molecular weight excluding hydrogens is 481 g/mol. The Bertz CT molecular complexity index is 745. The summed E-state index contributed by atoms with van der Waals surface area (Å²) in [5.74, 6) is 1.64. The van der Waals surface area contributed by atoms with Crippen molar-refractivity contribution in [3.05, 3.63) is 53.4 Å². The zero-order valence-corrected chi connectivity index (χ0v) is 19.7. The number of aliphatic imine (C=N–C) groups is 1. The number of nitrogens with zero attached hydrogens (tertiary/aromatic N) is 2. The highest BCUT2D eigenvalue weighted by atomic mass is 127. The molecule has 29 heavy (non-hydrogen) atoms. The van der Waals surface area contributed by atoms with Gasteiger partial charge in [0.2, 0.25) is 5.91 Å². The van der Waals surface area contributed by atoms with Gasteiger partial charge in [-0.3, -0.25) is 9.79 Å². The fraction of sp³-hybridized carbons (Fsp3) is 0.476. The number of amides is 1. The molecule has 0 aliphatic carbocycles. The van der Waals surface area contributed by atoms with Gasteiger partial charge in [-0.15, -0.1) is 24.0 Å². The molecular formula is C21H32IN5O2. The number of hydrogen-bond donors (Lipinski definition) is 3. The molecule has 0 unspecified atom stereocenters. The summed E-state index contributed by atoms with van der Waals surface area (Å²) < 4.78 is 5.39. The van der Waals surface area contributed by atoms with Gasteiger partial charge < -0.3 is 20.5 Å². The van der Waals surface area contributed by atoms with Crippen molar-refractivity contribution in [1.29, 1.82) is 0 Å². The fourth-order valence-corrected chi connectivity index (χ4v) is 2.92. The van der Waals surface area contributed by atoms with E-state index in [9.17, 15) is 4.79 Å². The Hall–Kier alpha value is -2.10. The van der Waals surface area contributed by atoms with Gasteiger partial charge in [-0.1, -0.05) is 49.3 Å². The lowest BCUT2D eigenvalue weighted by atomic mass is 9.99. The first-order chi connectivity index (χ1) is 13.7. The summed E-state index contributed by atoms with van der Waals surface area (Å²) in [6.07, 6.45) is 2.89. The topological polar surface area (TPSA) is 91.5 Å². The monoisotopic (exact) mass is 513 g/mol. The third-order valence-corrected chi connectivity index (χ3v) is 4.63. The van der Waals surface area contributed by atoms with E-state index in [0.29, 0.717) is 25.0 Å². The molecule has 1 heterocycles. The zero-order valence-electron chi connectivity index (χ0n) is 17.4. The Balaban J connectivity index is 0.00000420. The second kappa shape index (κ2) is 14.0. The lowest BCUT2D eigenvalue weighted by Crippen LogP contribution is -2.43. The average molecular weight is 513 g/mol. The lowest BCUT2D eigenvalue weighted by molar-refractivity contribution is -0.119. The summed E-state index contributed by atoms with van der Waals surface area (Å²) in [5.41, 5.74) is 2.19. The van der Waals surface area contributed by atoms with Crippen LogP contribution in [-0.4, -0.2) is 37.2 Å². The van der Waals surface area contributed by atoms with E-state index >= 15 is 0 Å². The quantitative estimate of drug-likeness (QED) is 0.258. The van der Waals surface area contributed by atoms with Crippen LogP contribution in [0.5, 0.6) is 0 Å². The molecule has 2 rings (SSSR count). The number of nitrogens with one attached hydrogen (secondary N) is 3. The number of rotatable bonds is 10. The number of carbonyl (C=O) groups is 1. The van der Waals surface area contributed by atoms with Crippen molar-refractivity contribution < 1.29 is 9.32 Å². The smallest absolute Gasteiger partial charge is 0.239 e. The highest BCUT2D eigenvalue weighted by Gasteiger charge is 2.13. The average Bonchev–Trinajstić information content (AvgIpc) is 3.18. The van der Waals surface area contributed by atoms with E-state index in [1.807, 2.05) is 36.4 Å². The molecule has 0 bridgehead atoms. The molecule has 0 fully saturated rings. The van der Waals surface area contributed by atoms with Crippen LogP contribution >= 0.6 is 24.0 Å². The Kier molecular flexibility index (Phi) is 12.0. The molecule has 2 aromatic rings. The zero-order chi connectivity index (χ0) is 20.2. The minimum atomic E-state index is -0.0745. The van der Waals surface area contributed by atoms with Crippen LogP contribution in [-0.2, 0) is 17.8 Å². The van der Waals surface area contributed by atoms with E-state index in [1.165, 1.54) is 5.56 Å². The van der Waals surface area contributed by atoms with Crippen molar-refractivity contribution in [2.24, 2.45) is 4.99 Å². The molecule has 1 aromatic heterocycles. The van der Waals surface area contributed by atoms with Crippen molar-refractivity contribution in [3.8, 4) is 0 Å². The molecule has 3 N–H and O–H groups in total. The SMILES string of the molecule is CCC(CC)c1cc(CNC(=NC)NCC(=O)NCCc2ccccc2)on1.I. The summed E-state index contributed by atoms with van der Waals surface area (Å²) in [6, 6.07) is 12.1. The van der Waals surface area contributed by atoms with Gasteiger partial charge in [-0.05, 0) is 24.8 Å². The van der Waals surface area contributed by atoms with Crippen LogP contribution in [0.1, 0.15) is 49.6 Å². The van der Waals surface area contributed by atoms with E-state index in [-0.39, 0.29) is 36.4 Å². The van der Waals surface area contributed by atoms with Crippen molar-refractivity contribution in [3.63, 3.8) is 0 Å². The maximum Gasteiger partial charge on any atom is 0.239 e. The van der Waals surface area contributed by atoms with E-state index in [0.717, 1.165) is 30.7 Å². The van der Waals surface area contributed by atoms with Crippen LogP contribution < -0.4 is 16.0 Å². The molecule has 160 valence electrons. The number of guanidine groups is 1. The lowest BCUT2D eigenvalue weighted by Gasteiger charge is -2.11. The standard InChI is InChI=1S/C21H31N5O2.HI/c1-4-17(5-2)19-13-18(28-26-19)14-24-21(22-3)25-15-20(27)23-12-11-16-9-7-6-8-10-16;/h6-10,13,17H,4-5,11-12,14-15H2,1-3H3,(H,23,27)(H2,22,24,25);1H. The first-order valence-electron chi connectivity index (χ1n) is 9.86. The summed E-state index contributed by atoms with van der Waals surface area (Å²) in [5, 5.41) is 13.2. The molecule has 0 saturated heterocycles. The van der Waals surface area contributed by atoms with Crippen molar-refractivity contribution >= 4 is 35.8 Å². The number of benzene rings is 1. The third kappa shape index (κ3) is 8.84. The minimum absolute atomic E-state index is 0. The fourth-order valence-electron chi connectivity index (χ4n) is 2.92. The van der Waals surface area contributed by atoms with Crippen LogP contribution in [0.25, 0.3) is 0 Å². The van der Waals surface area contributed by atoms with E-state index < -0.39 is 0 Å². The van der Waals surface area contributed by atoms with Crippen molar-refractivity contribution in [2.45, 2.75) is 45.6 Å². The number of aromatic nitrogens is 1. The Morgan fingerprint density at radius 3 is 2.52 bits per heavy atom. The molecule has 1 amide bonds. The van der Waals surface area contributed by atoms with Crippen LogP contribution in [0.3, 0.4) is 0 Å². The molecule has 0 aliphatic heterocycles. The number of halogens is 1. The van der Waals surface area contributed by atoms with Gasteiger partial charge in [0.1, 0.15) is 0 Å². The molecule has 0 spiro atoms. The minimum Gasteiger partial charge on any atom is -0.359 e. The van der Waals surface area contributed by atoms with Crippen LogP contribution in [0.4, 0.5) is 0 Å². The van der Waals surface area contributed by atoms with Gasteiger partial charge in [0.15, 0.2) is 11.7 Å². The number of hydrogen-bond acceptors (Lipinski definition) is 4. The molecule has 1 aromatic carbocycles. The Morgan fingerprint density at radius 1 is 1.14 bits per heavy atom. The maximum atomic E-state index is 12.0. The molecule has 0 radical (unpaired) electrons. The van der Waals surface area contributed by atoms with Gasteiger partial charge >= 0.3 is 0 Å². The molecule has 0 saturated carbocycles. The summed E-state index contributed by atoms with van der Waals surface area (Å²) in [6.45, 7) is 5.52. The Labute approximate surface area is 190 Å². The van der Waals surface area contributed by atoms with Crippen molar-refractivity contribution in [1.82, 2.24) is 21.1 Å². The molecule has 0 atom stereocenters. The summed E-state index contributed by atoms with van der Waals surface area (Å²) in [4.78, 5) is 16.1. The first kappa shape index (κ1) is 24.9. The summed E-state index contributed by atoms with van der Waals surface area (Å²) >= 11 is 0. The molecule has 7 nitrogen and oxygen atoms in total. The van der Waals surface area contributed by atoms with Gasteiger partial charge in [0.25, 0.3) is 0 Å². The van der Waals surface area contributed by atoms with Gasteiger partial charge in [-0.25, -0.2) is 0 Å². The van der Waals surface area contributed by atoms with Gasteiger partial charge in [0, 0.05) is 25.6 Å². The van der Waals surface area contributed by atoms with E-state index in [1.54, 1.807) is 7.05 Å². The largest absolute Gasteiger partial charge is 0.359 e. The van der Waals surface area contributed by atoms with Crippen molar-refractivity contribution in [2.75, 3.05) is 20.1 Å². The van der Waals surface area contributed by atoms with Crippen LogP contribution in [0.2, 0.25) is 0 Å². The maximum absolute atomic E-state index is 12.0. The summed E-state index contributed by atoms with van der Waals surface area (Å²) in [7, 11) is 1.67. The van der Waals surface area contributed by atoms with E-state index in [2.05, 4.69) is 39.9 Å². The third-order valence-electron chi connectivity index (χ3n) is 4.63. The van der Waals surface area contributed by atoms with Gasteiger partial charge in [-0.2, -0.15) is 0 Å². The second-order valence-electron chi connectivity index (χ2n) is 6.60. The highest BCUT2D eigenvalue weighted by molar-refractivity contribution is 14.0. The molecule has 0 aliphatic rings. The number of carbonyl (C=O) groups excluding carboxylic acids is 1. The van der Waals surface area contributed by atoms with Crippen LogP contribution in [0.15, 0.2) is 45.9 Å². The van der Waals surface area contributed by atoms with Gasteiger partial charge in [0.05, 0.1) is 18.8 Å². The second-order valence-corrected chi connectivity index (χ2v) is 6.60.